The van der Waals surface area contributed by atoms with Gasteiger partial charge in [-0.15, -0.1) is 0 Å². The first-order valence-electron chi connectivity index (χ1n) is 10.9. The molecule has 1 aromatic rings. The summed E-state index contributed by atoms with van der Waals surface area (Å²) in [5.74, 6) is -0.00543. The summed E-state index contributed by atoms with van der Waals surface area (Å²) in [5, 5.41) is 3.98. The van der Waals surface area contributed by atoms with Crippen LogP contribution in [0.1, 0.15) is 51.0 Å². The maximum Gasteiger partial charge on any atom is 0.311 e. The number of ether oxygens (including phenoxy) is 1. The second-order valence-electron chi connectivity index (χ2n) is 9.99. The molecule has 0 aromatic heterocycles. The largest absolute Gasteiger partial charge is 0.469 e. The van der Waals surface area contributed by atoms with Gasteiger partial charge in [-0.05, 0) is 50.7 Å². The van der Waals surface area contributed by atoms with Crippen LogP contribution in [-0.4, -0.2) is 48.8 Å². The van der Waals surface area contributed by atoms with Crippen molar-refractivity contribution >= 4 is 11.7 Å². The highest BCUT2D eigenvalue weighted by atomic mass is 16.5. The molecule has 2 bridgehead atoms. The van der Waals surface area contributed by atoms with Crippen molar-refractivity contribution in [2.24, 2.45) is 11.3 Å². The number of rotatable bonds is 2. The number of fused-ring (bicyclic) bond motifs is 3. The molecule has 3 heterocycles. The molecular weight excluding hydrogens is 336 g/mol. The highest BCUT2D eigenvalue weighted by Gasteiger charge is 2.83. The van der Waals surface area contributed by atoms with Crippen molar-refractivity contribution in [3.8, 4) is 0 Å². The van der Waals surface area contributed by atoms with Gasteiger partial charge in [0.25, 0.3) is 0 Å². The van der Waals surface area contributed by atoms with Crippen molar-refractivity contribution in [3.05, 3.63) is 29.8 Å². The molecule has 3 saturated carbocycles. The summed E-state index contributed by atoms with van der Waals surface area (Å²) in [5.41, 5.74) is 3.04. The number of hydrogen-bond acceptors (Lipinski definition) is 3. The third-order valence-corrected chi connectivity index (χ3v) is 9.72. The predicted molar refractivity (Wildman–Crippen MR) is 104 cm³/mol. The summed E-state index contributed by atoms with van der Waals surface area (Å²) in [6.45, 7) is 6.23. The highest BCUT2D eigenvalue weighted by molar-refractivity contribution is 5.80. The van der Waals surface area contributed by atoms with E-state index in [0.717, 1.165) is 12.8 Å². The first-order valence-corrected chi connectivity index (χ1v) is 10.9. The Balaban J connectivity index is 1.66. The van der Waals surface area contributed by atoms with Crippen LogP contribution in [0.15, 0.2) is 24.3 Å². The van der Waals surface area contributed by atoms with Crippen LogP contribution in [0, 0.1) is 11.3 Å². The Hall–Kier alpha value is -1.55. The molecule has 3 aliphatic carbocycles. The molecule has 1 N–H and O–H groups in total. The molecule has 144 valence electrons. The van der Waals surface area contributed by atoms with Crippen molar-refractivity contribution < 1.29 is 14.0 Å². The average molecular weight is 368 g/mol. The second kappa shape index (κ2) is 4.89. The third-order valence-electron chi connectivity index (χ3n) is 9.72. The standard InChI is InChI=1S/C23H31N2O2/c1-3-25-13-6-9-21-10-11-23(17(15-21)19(26)27-2)22(12-14-25,20(21)25)16-7-4-5-8-18(16)24-23/h4-5,7-8,17,20,24H,3,6,9-15H2,1-2H3/q+1. The summed E-state index contributed by atoms with van der Waals surface area (Å²) >= 11 is 0. The number of likely N-dealkylation sites (N-methyl/N-ethyl adjacent to an activating group) is 1. The zero-order valence-corrected chi connectivity index (χ0v) is 16.6. The zero-order valence-electron chi connectivity index (χ0n) is 16.6. The molecule has 6 atom stereocenters. The number of nitrogens with zero attached hydrogens (tertiary/aromatic N) is 1. The average Bonchev–Trinajstić information content (AvgIpc) is 3.23. The van der Waals surface area contributed by atoms with Crippen molar-refractivity contribution in [3.63, 3.8) is 0 Å². The summed E-state index contributed by atoms with van der Waals surface area (Å²) in [6.07, 6.45) is 7.23. The maximum atomic E-state index is 13.1. The molecule has 0 radical (unpaired) electrons. The van der Waals surface area contributed by atoms with Gasteiger partial charge < -0.3 is 14.5 Å². The first kappa shape index (κ1) is 16.4. The van der Waals surface area contributed by atoms with E-state index in [1.165, 1.54) is 61.1 Å². The number of anilines is 1. The van der Waals surface area contributed by atoms with Gasteiger partial charge >= 0.3 is 5.97 Å². The fourth-order valence-electron chi connectivity index (χ4n) is 9.07. The van der Waals surface area contributed by atoms with Crippen LogP contribution in [0.25, 0.3) is 0 Å². The number of methoxy groups -OCH3 is 1. The molecule has 3 spiro atoms. The van der Waals surface area contributed by atoms with Crippen molar-refractivity contribution in [1.82, 2.24) is 0 Å². The van der Waals surface area contributed by atoms with Gasteiger partial charge in [-0.3, -0.25) is 4.79 Å². The van der Waals surface area contributed by atoms with E-state index in [-0.39, 0.29) is 22.8 Å². The Kier molecular flexibility index (Phi) is 2.97. The molecule has 4 nitrogen and oxygen atoms in total. The summed E-state index contributed by atoms with van der Waals surface area (Å²) in [7, 11) is 1.58. The van der Waals surface area contributed by atoms with E-state index in [4.69, 9.17) is 4.74 Å². The van der Waals surface area contributed by atoms with Crippen molar-refractivity contribution in [1.29, 1.82) is 0 Å². The SMILES string of the molecule is CC[N+]12CCCC34CCC5(Nc6ccccc6C5(CC1)C32)C(C(=O)OC)C4. The topological polar surface area (TPSA) is 38.3 Å². The number of carbonyl (C=O) groups excluding carboxylic acids is 1. The zero-order chi connectivity index (χ0) is 18.5. The monoisotopic (exact) mass is 367 g/mol. The Morgan fingerprint density at radius 3 is 2.89 bits per heavy atom. The minimum absolute atomic E-state index is 0.0132. The number of nitrogens with one attached hydrogen (secondary N) is 1. The smallest absolute Gasteiger partial charge is 0.311 e. The number of quaternary nitrogens is 1. The summed E-state index contributed by atoms with van der Waals surface area (Å²) in [4.78, 5) is 13.1. The van der Waals surface area contributed by atoms with Gasteiger partial charge in [-0.1, -0.05) is 18.2 Å². The molecule has 5 fully saturated rings. The Morgan fingerprint density at radius 1 is 1.22 bits per heavy atom. The third kappa shape index (κ3) is 1.54. The fraction of sp³-hybridized carbons (Fsp3) is 0.696. The van der Waals surface area contributed by atoms with E-state index < -0.39 is 0 Å². The minimum atomic E-state index is -0.150. The molecule has 6 aliphatic rings. The molecule has 3 aliphatic heterocycles. The van der Waals surface area contributed by atoms with Gasteiger partial charge in [-0.25, -0.2) is 0 Å². The van der Waals surface area contributed by atoms with E-state index in [2.05, 4.69) is 36.5 Å². The van der Waals surface area contributed by atoms with E-state index in [0.29, 0.717) is 11.5 Å². The van der Waals surface area contributed by atoms with Crippen LogP contribution in [0.4, 0.5) is 5.69 Å². The van der Waals surface area contributed by atoms with Crippen LogP contribution >= 0.6 is 0 Å². The molecule has 2 saturated heterocycles. The van der Waals surface area contributed by atoms with Gasteiger partial charge in [0.1, 0.15) is 6.04 Å². The van der Waals surface area contributed by atoms with E-state index in [1.54, 1.807) is 7.11 Å². The molecule has 7 rings (SSSR count). The Bertz CT molecular complexity index is 839. The van der Waals surface area contributed by atoms with Crippen molar-refractivity contribution in [2.75, 3.05) is 32.1 Å². The van der Waals surface area contributed by atoms with Gasteiger partial charge in [-0.2, -0.15) is 0 Å². The summed E-state index contributed by atoms with van der Waals surface area (Å²) in [6, 6.07) is 9.62. The second-order valence-corrected chi connectivity index (χ2v) is 9.99. The van der Waals surface area contributed by atoms with Crippen molar-refractivity contribution in [2.45, 2.75) is 62.4 Å². The molecule has 27 heavy (non-hydrogen) atoms. The van der Waals surface area contributed by atoms with E-state index >= 15 is 0 Å². The fourth-order valence-corrected chi connectivity index (χ4v) is 9.07. The van der Waals surface area contributed by atoms with Crippen LogP contribution in [-0.2, 0) is 14.9 Å². The lowest BCUT2D eigenvalue weighted by atomic mass is 9.38. The number of piperidine rings is 1. The molecule has 0 amide bonds. The number of benzene rings is 1. The Morgan fingerprint density at radius 2 is 2.07 bits per heavy atom. The van der Waals surface area contributed by atoms with Crippen LogP contribution in [0.2, 0.25) is 0 Å². The number of para-hydroxylation sites is 1. The van der Waals surface area contributed by atoms with Gasteiger partial charge in [0.05, 0.1) is 43.6 Å². The first-order chi connectivity index (χ1) is 13.1. The summed E-state index contributed by atoms with van der Waals surface area (Å²) < 4.78 is 6.67. The van der Waals surface area contributed by atoms with Crippen LogP contribution < -0.4 is 5.32 Å². The number of hydrogen-bond donors (Lipinski definition) is 1. The lowest BCUT2D eigenvalue weighted by Crippen LogP contribution is -2.80. The van der Waals surface area contributed by atoms with Gasteiger partial charge in [0.15, 0.2) is 0 Å². The highest BCUT2D eigenvalue weighted by Crippen LogP contribution is 2.75. The molecule has 1 aromatic carbocycles. The number of esters is 1. The molecule has 6 unspecified atom stereocenters. The quantitative estimate of drug-likeness (QED) is 0.643. The normalized spacial score (nSPS) is 48.4. The number of carbonyl (C=O) groups is 1. The van der Waals surface area contributed by atoms with Gasteiger partial charge in [0, 0.05) is 17.5 Å². The molecule has 4 heteroatoms. The van der Waals surface area contributed by atoms with Crippen LogP contribution in [0.5, 0.6) is 0 Å². The Labute approximate surface area is 161 Å². The molecular formula is C23H31N2O2+. The maximum absolute atomic E-state index is 13.1. The minimum Gasteiger partial charge on any atom is -0.469 e. The lowest BCUT2D eigenvalue weighted by molar-refractivity contribution is -0.955. The van der Waals surface area contributed by atoms with E-state index in [1.807, 2.05) is 0 Å². The van der Waals surface area contributed by atoms with E-state index in [9.17, 15) is 4.79 Å². The predicted octanol–water partition coefficient (Wildman–Crippen LogP) is 3.46. The lowest BCUT2D eigenvalue weighted by Gasteiger charge is -2.69. The van der Waals surface area contributed by atoms with Gasteiger partial charge in [0.2, 0.25) is 0 Å². The van der Waals surface area contributed by atoms with Crippen LogP contribution in [0.3, 0.4) is 0 Å².